The van der Waals surface area contributed by atoms with E-state index < -0.39 is 0 Å². The van der Waals surface area contributed by atoms with E-state index in [0.717, 1.165) is 15.7 Å². The summed E-state index contributed by atoms with van der Waals surface area (Å²) in [5.74, 6) is 2.23. The lowest BCUT2D eigenvalue weighted by Gasteiger charge is -2.05. The van der Waals surface area contributed by atoms with Crippen LogP contribution >= 0.6 is 15.9 Å². The number of hydrogen-bond acceptors (Lipinski definition) is 6. The molecule has 0 amide bonds. The molecule has 0 aliphatic rings. The van der Waals surface area contributed by atoms with E-state index in [0.29, 0.717) is 39.9 Å². The van der Waals surface area contributed by atoms with Gasteiger partial charge in [-0.05, 0) is 77.8 Å². The molecule has 1 aromatic carbocycles. The molecule has 0 spiro atoms. The molecule has 4 heterocycles. The van der Waals surface area contributed by atoms with Crippen LogP contribution < -0.4 is 0 Å². The zero-order chi connectivity index (χ0) is 23.1. The maximum Gasteiger partial charge on any atom is 0.273 e. The Morgan fingerprint density at radius 1 is 1.15 bits per heavy atom. The molecule has 0 aliphatic carbocycles. The molecule has 0 saturated heterocycles. The minimum absolute atomic E-state index is 0.0658. The molecule has 164 valence electrons. The van der Waals surface area contributed by atoms with Crippen molar-refractivity contribution in [1.29, 1.82) is 0 Å². The molecule has 0 atom stereocenters. The number of rotatable bonds is 5. The molecule has 0 N–H and O–H groups in total. The van der Waals surface area contributed by atoms with Crippen LogP contribution in [0.4, 0.5) is 11.5 Å². The van der Waals surface area contributed by atoms with Crippen molar-refractivity contribution in [2.45, 2.75) is 13.8 Å². The van der Waals surface area contributed by atoms with Crippen LogP contribution in [-0.2, 0) is 0 Å². The third-order valence-electron chi connectivity index (χ3n) is 5.24. The number of furan rings is 2. The number of nitrogens with zero attached hydrogens (tertiary/aromatic N) is 4. The average molecular weight is 505 g/mol. The second-order valence-corrected chi connectivity index (χ2v) is 8.43. The third-order valence-corrected chi connectivity index (χ3v) is 5.71. The smallest absolute Gasteiger partial charge is 0.273 e. The molecule has 5 aromatic rings. The van der Waals surface area contributed by atoms with Gasteiger partial charge < -0.3 is 8.83 Å². The lowest BCUT2D eigenvalue weighted by molar-refractivity contribution is -0.385. The Labute approximate surface area is 196 Å². The predicted molar refractivity (Wildman–Crippen MR) is 128 cm³/mol. The number of aliphatic imine (C=N–C) groups is 1. The normalized spacial score (nSPS) is 11.6. The third kappa shape index (κ3) is 3.87. The van der Waals surface area contributed by atoms with E-state index in [1.54, 1.807) is 43.7 Å². The van der Waals surface area contributed by atoms with Gasteiger partial charge >= 0.3 is 0 Å². The maximum absolute atomic E-state index is 11.4. The Morgan fingerprint density at radius 3 is 2.76 bits per heavy atom. The van der Waals surface area contributed by atoms with Gasteiger partial charge in [0.15, 0.2) is 17.3 Å². The van der Waals surface area contributed by atoms with E-state index in [9.17, 15) is 10.1 Å². The van der Waals surface area contributed by atoms with Crippen molar-refractivity contribution >= 4 is 39.3 Å². The first-order valence-corrected chi connectivity index (χ1v) is 10.8. The van der Waals surface area contributed by atoms with Gasteiger partial charge in [0.1, 0.15) is 17.2 Å². The quantitative estimate of drug-likeness (QED) is 0.147. The van der Waals surface area contributed by atoms with E-state index in [4.69, 9.17) is 8.83 Å². The Bertz CT molecular complexity index is 1530. The summed E-state index contributed by atoms with van der Waals surface area (Å²) in [7, 11) is 0. The summed E-state index contributed by atoms with van der Waals surface area (Å²) >= 11 is 3.49. The summed E-state index contributed by atoms with van der Waals surface area (Å²) in [5.41, 5.74) is 3.40. The van der Waals surface area contributed by atoms with Crippen LogP contribution in [0, 0.1) is 24.0 Å². The SMILES string of the molecule is Cc1cc(-c2ccc(C=Nc3c(-c4ccco4)nc4ccc(Br)cn34)o2)c(C)c([N+](=O)[O-])c1. The van der Waals surface area contributed by atoms with E-state index in [-0.39, 0.29) is 10.6 Å². The second kappa shape index (κ2) is 8.18. The molecule has 0 fully saturated rings. The summed E-state index contributed by atoms with van der Waals surface area (Å²) < 4.78 is 14.3. The Kier molecular flexibility index (Phi) is 5.18. The van der Waals surface area contributed by atoms with Gasteiger partial charge in [-0.3, -0.25) is 14.5 Å². The maximum atomic E-state index is 11.4. The van der Waals surface area contributed by atoms with Gasteiger partial charge in [0.2, 0.25) is 0 Å². The van der Waals surface area contributed by atoms with Crippen molar-refractivity contribution in [3.63, 3.8) is 0 Å². The molecule has 9 heteroatoms. The summed E-state index contributed by atoms with van der Waals surface area (Å²) in [6.07, 6.45) is 5.06. The monoisotopic (exact) mass is 504 g/mol. The molecule has 0 bridgehead atoms. The van der Waals surface area contributed by atoms with Crippen LogP contribution in [0.25, 0.3) is 28.4 Å². The Balaban J connectivity index is 1.56. The number of aromatic nitrogens is 2. The fourth-order valence-corrected chi connectivity index (χ4v) is 4.02. The highest BCUT2D eigenvalue weighted by Gasteiger charge is 2.19. The molecular formula is C24H17BrN4O4. The fourth-order valence-electron chi connectivity index (χ4n) is 3.69. The number of nitro groups is 1. The van der Waals surface area contributed by atoms with Gasteiger partial charge in [-0.15, -0.1) is 0 Å². The Morgan fingerprint density at radius 2 is 2.00 bits per heavy atom. The standard InChI is InChI=1S/C24H17BrN4O4/c1-14-10-18(15(2)19(11-14)29(30)31)20-7-6-17(33-20)12-26-24-23(21-4-3-9-32-21)27-22-8-5-16(25)13-28(22)24/h3-13H,1-2H3. The number of hydrogen-bond donors (Lipinski definition) is 0. The molecule has 0 aliphatic heterocycles. The molecule has 0 radical (unpaired) electrons. The van der Waals surface area contributed by atoms with Gasteiger partial charge in [-0.1, -0.05) is 0 Å². The van der Waals surface area contributed by atoms with Crippen LogP contribution in [0.3, 0.4) is 0 Å². The number of benzene rings is 1. The van der Waals surface area contributed by atoms with E-state index in [1.165, 1.54) is 0 Å². The second-order valence-electron chi connectivity index (χ2n) is 7.51. The minimum atomic E-state index is -0.379. The molecule has 8 nitrogen and oxygen atoms in total. The molecular weight excluding hydrogens is 488 g/mol. The Hall–Kier alpha value is -3.98. The van der Waals surface area contributed by atoms with Crippen LogP contribution in [0.2, 0.25) is 0 Å². The van der Waals surface area contributed by atoms with E-state index >= 15 is 0 Å². The molecule has 33 heavy (non-hydrogen) atoms. The first-order chi connectivity index (χ1) is 15.9. The minimum Gasteiger partial charge on any atom is -0.463 e. The largest absolute Gasteiger partial charge is 0.463 e. The summed E-state index contributed by atoms with van der Waals surface area (Å²) in [5, 5.41) is 11.4. The van der Waals surface area contributed by atoms with Crippen LogP contribution in [0.5, 0.6) is 0 Å². The summed E-state index contributed by atoms with van der Waals surface area (Å²) in [6, 6.07) is 14.4. The van der Waals surface area contributed by atoms with Crippen molar-refractivity contribution in [2.75, 3.05) is 0 Å². The summed E-state index contributed by atoms with van der Waals surface area (Å²) in [6.45, 7) is 3.54. The van der Waals surface area contributed by atoms with Gasteiger partial charge in [0.05, 0.1) is 17.4 Å². The first-order valence-electron chi connectivity index (χ1n) is 10.0. The van der Waals surface area contributed by atoms with Crippen molar-refractivity contribution < 1.29 is 13.8 Å². The van der Waals surface area contributed by atoms with Gasteiger partial charge in [0, 0.05) is 27.9 Å². The number of pyridine rings is 1. The lowest BCUT2D eigenvalue weighted by Crippen LogP contribution is -1.95. The van der Waals surface area contributed by atoms with Crippen molar-refractivity contribution in [2.24, 2.45) is 4.99 Å². The van der Waals surface area contributed by atoms with Crippen molar-refractivity contribution in [3.05, 3.63) is 92.5 Å². The lowest BCUT2D eigenvalue weighted by atomic mass is 10.0. The number of imidazole rings is 1. The van der Waals surface area contributed by atoms with Crippen LogP contribution in [0.15, 0.2) is 79.3 Å². The molecule has 4 aromatic heterocycles. The predicted octanol–water partition coefficient (Wildman–Crippen LogP) is 6.89. The molecule has 0 saturated carbocycles. The first kappa shape index (κ1) is 20.9. The molecule has 5 rings (SSSR count). The van der Waals surface area contributed by atoms with Crippen molar-refractivity contribution in [3.8, 4) is 22.8 Å². The highest BCUT2D eigenvalue weighted by atomic mass is 79.9. The average Bonchev–Trinajstić information content (AvgIpc) is 3.53. The molecule has 0 unspecified atom stereocenters. The zero-order valence-corrected chi connectivity index (χ0v) is 19.2. The highest BCUT2D eigenvalue weighted by Crippen LogP contribution is 2.34. The topological polar surface area (TPSA) is 99.1 Å². The van der Waals surface area contributed by atoms with Gasteiger partial charge in [0.25, 0.3) is 5.69 Å². The number of nitro benzene ring substituents is 1. The van der Waals surface area contributed by atoms with Crippen LogP contribution in [-0.4, -0.2) is 20.5 Å². The van der Waals surface area contributed by atoms with E-state index in [1.807, 2.05) is 41.8 Å². The number of halogens is 1. The summed E-state index contributed by atoms with van der Waals surface area (Å²) in [4.78, 5) is 20.3. The number of aryl methyl sites for hydroxylation is 1. The van der Waals surface area contributed by atoms with E-state index in [2.05, 4.69) is 25.9 Å². The van der Waals surface area contributed by atoms with Gasteiger partial charge in [-0.2, -0.15) is 0 Å². The number of fused-ring (bicyclic) bond motifs is 1. The van der Waals surface area contributed by atoms with Crippen molar-refractivity contribution in [1.82, 2.24) is 9.38 Å². The van der Waals surface area contributed by atoms with Gasteiger partial charge in [-0.25, -0.2) is 9.98 Å². The van der Waals surface area contributed by atoms with Crippen LogP contribution in [0.1, 0.15) is 16.9 Å². The highest BCUT2D eigenvalue weighted by molar-refractivity contribution is 9.10. The zero-order valence-electron chi connectivity index (χ0n) is 17.7. The fraction of sp³-hybridized carbons (Fsp3) is 0.0833.